The Morgan fingerprint density at radius 3 is 1.84 bits per heavy atom. The van der Waals surface area contributed by atoms with Gasteiger partial charge < -0.3 is 16.0 Å². The largest absolute Gasteiger partial charge is 0.320 e. The van der Waals surface area contributed by atoms with Crippen molar-refractivity contribution in [3.63, 3.8) is 0 Å². The second kappa shape index (κ2) is 15.3. The van der Waals surface area contributed by atoms with Crippen LogP contribution >= 0.6 is 0 Å². The molecule has 0 aromatic rings. The van der Waals surface area contributed by atoms with Crippen LogP contribution in [0.1, 0.15) is 39.5 Å². The van der Waals surface area contributed by atoms with E-state index < -0.39 is 0 Å². The molecule has 0 rings (SSSR count). The van der Waals surface area contributed by atoms with Crippen LogP contribution < -0.4 is 16.0 Å². The summed E-state index contributed by atoms with van der Waals surface area (Å²) in [7, 11) is 5.62. The third kappa shape index (κ3) is 17.2. The molecule has 0 amide bonds. The van der Waals surface area contributed by atoms with E-state index in [1.807, 2.05) is 21.1 Å². The predicted molar refractivity (Wildman–Crippen MR) is 80.5 cm³/mol. The average molecular weight is 273 g/mol. The van der Waals surface area contributed by atoms with Crippen molar-refractivity contribution < 1.29 is 9.59 Å². The second-order valence-corrected chi connectivity index (χ2v) is 4.61. The van der Waals surface area contributed by atoms with Crippen LogP contribution in [0.25, 0.3) is 0 Å². The number of hydrogen-bond donors (Lipinski definition) is 3. The van der Waals surface area contributed by atoms with Gasteiger partial charge >= 0.3 is 0 Å². The highest BCUT2D eigenvalue weighted by Crippen LogP contribution is 2.00. The second-order valence-electron chi connectivity index (χ2n) is 4.61. The van der Waals surface area contributed by atoms with Crippen LogP contribution in [0, 0.1) is 0 Å². The zero-order valence-corrected chi connectivity index (χ0v) is 13.1. The Balaban J connectivity index is 0. The van der Waals surface area contributed by atoms with Crippen LogP contribution in [0.15, 0.2) is 0 Å². The summed E-state index contributed by atoms with van der Waals surface area (Å²) in [5, 5.41) is 8.97. The fourth-order valence-corrected chi connectivity index (χ4v) is 1.50. The smallest absolute Gasteiger partial charge is 0.146 e. The van der Waals surface area contributed by atoms with Crippen molar-refractivity contribution in [1.29, 1.82) is 0 Å². The van der Waals surface area contributed by atoms with E-state index in [4.69, 9.17) is 0 Å². The number of likely N-dealkylation sites (N-methyl/N-ethyl adjacent to an activating group) is 1. The van der Waals surface area contributed by atoms with Gasteiger partial charge in [0, 0.05) is 13.0 Å². The molecule has 0 aliphatic carbocycles. The summed E-state index contributed by atoms with van der Waals surface area (Å²) in [6.07, 6.45) is 3.85. The van der Waals surface area contributed by atoms with E-state index >= 15 is 0 Å². The van der Waals surface area contributed by atoms with Gasteiger partial charge in [0.2, 0.25) is 0 Å². The Hall–Kier alpha value is -0.780. The van der Waals surface area contributed by atoms with Gasteiger partial charge in [0.25, 0.3) is 0 Å². The van der Waals surface area contributed by atoms with E-state index in [1.54, 1.807) is 13.8 Å². The Labute approximate surface area is 117 Å². The summed E-state index contributed by atoms with van der Waals surface area (Å²) in [6, 6.07) is 0.0573. The fraction of sp³-hybridized carbons (Fsp3) is 0.857. The third-order valence-electron chi connectivity index (χ3n) is 2.74. The summed E-state index contributed by atoms with van der Waals surface area (Å²) >= 11 is 0. The highest BCUT2D eigenvalue weighted by molar-refractivity contribution is 5.81. The van der Waals surface area contributed by atoms with Gasteiger partial charge in [-0.05, 0) is 54.4 Å². The molecule has 0 heterocycles. The molecule has 0 radical (unpaired) electrons. The van der Waals surface area contributed by atoms with Crippen molar-refractivity contribution in [2.45, 2.75) is 45.6 Å². The molecule has 0 bridgehead atoms. The first-order chi connectivity index (χ1) is 8.99. The molecule has 0 spiro atoms. The molecule has 114 valence electrons. The molecule has 0 aliphatic heterocycles. The third-order valence-corrected chi connectivity index (χ3v) is 2.74. The van der Waals surface area contributed by atoms with Crippen molar-refractivity contribution in [1.82, 2.24) is 16.0 Å². The van der Waals surface area contributed by atoms with Crippen LogP contribution in [0.3, 0.4) is 0 Å². The van der Waals surface area contributed by atoms with Gasteiger partial charge in [-0.2, -0.15) is 0 Å². The van der Waals surface area contributed by atoms with Crippen LogP contribution in [0.4, 0.5) is 0 Å². The highest BCUT2D eigenvalue weighted by Gasteiger charge is 2.09. The number of carbonyl (C=O) groups excluding carboxylic acids is 2. The molecule has 0 saturated heterocycles. The molecule has 0 aromatic carbocycles. The number of carbonyl (C=O) groups is 2. The Kier molecular flexibility index (Phi) is 16.5. The number of unbranched alkanes of at least 4 members (excludes halogenated alkanes) is 1. The maximum atomic E-state index is 11.0. The normalized spacial score (nSPS) is 11.4. The fourth-order valence-electron chi connectivity index (χ4n) is 1.50. The number of ketones is 2. The zero-order valence-electron chi connectivity index (χ0n) is 13.1. The Morgan fingerprint density at radius 2 is 1.53 bits per heavy atom. The molecule has 0 aromatic heterocycles. The van der Waals surface area contributed by atoms with E-state index in [0.29, 0.717) is 6.42 Å². The molecule has 0 aliphatic rings. The molecule has 5 heteroatoms. The summed E-state index contributed by atoms with van der Waals surface area (Å²) in [5.74, 6) is 0.483. The standard InChI is InChI=1S/C9H20N2O.C5H11NO/c1-8(12)9(11-3)6-4-5-7-10-2;1-5(7)3-4-6-2/h9-11H,4-7H2,1-3H3;6H,3-4H2,1-2H3. The van der Waals surface area contributed by atoms with Crippen molar-refractivity contribution in [2.24, 2.45) is 0 Å². The van der Waals surface area contributed by atoms with Crippen LogP contribution in [0.5, 0.6) is 0 Å². The molecule has 1 unspecified atom stereocenters. The van der Waals surface area contributed by atoms with E-state index in [2.05, 4.69) is 16.0 Å². The lowest BCUT2D eigenvalue weighted by Gasteiger charge is -2.11. The molecule has 5 nitrogen and oxygen atoms in total. The topological polar surface area (TPSA) is 70.2 Å². The van der Waals surface area contributed by atoms with E-state index in [-0.39, 0.29) is 17.6 Å². The zero-order chi connectivity index (χ0) is 15.1. The quantitative estimate of drug-likeness (QED) is 0.512. The van der Waals surface area contributed by atoms with Gasteiger partial charge in [0.1, 0.15) is 11.6 Å². The minimum absolute atomic E-state index is 0.0573. The molecule has 19 heavy (non-hydrogen) atoms. The Morgan fingerprint density at radius 1 is 0.947 bits per heavy atom. The van der Waals surface area contributed by atoms with Gasteiger partial charge in [-0.15, -0.1) is 0 Å². The summed E-state index contributed by atoms with van der Waals surface area (Å²) < 4.78 is 0. The molecule has 0 saturated carbocycles. The maximum Gasteiger partial charge on any atom is 0.146 e. The SMILES string of the molecule is CNCCC(C)=O.CNCCCCC(NC)C(C)=O. The molecule has 3 N–H and O–H groups in total. The first-order valence-electron chi connectivity index (χ1n) is 6.95. The molecule has 0 fully saturated rings. The van der Waals surface area contributed by atoms with Gasteiger partial charge in [-0.1, -0.05) is 6.42 Å². The first-order valence-corrected chi connectivity index (χ1v) is 6.95. The molecular weight excluding hydrogens is 242 g/mol. The van der Waals surface area contributed by atoms with Gasteiger partial charge in [0.15, 0.2) is 0 Å². The van der Waals surface area contributed by atoms with E-state index in [0.717, 1.165) is 32.4 Å². The minimum Gasteiger partial charge on any atom is -0.320 e. The lowest BCUT2D eigenvalue weighted by Crippen LogP contribution is -2.32. The Bertz CT molecular complexity index is 233. The minimum atomic E-state index is 0.0573. The lowest BCUT2D eigenvalue weighted by molar-refractivity contribution is -0.119. The number of hydrogen-bond acceptors (Lipinski definition) is 5. The number of nitrogens with one attached hydrogen (secondary N) is 3. The maximum absolute atomic E-state index is 11.0. The van der Waals surface area contributed by atoms with Crippen LogP contribution in [0.2, 0.25) is 0 Å². The summed E-state index contributed by atoms with van der Waals surface area (Å²) in [4.78, 5) is 21.1. The highest BCUT2D eigenvalue weighted by atomic mass is 16.1. The van der Waals surface area contributed by atoms with Gasteiger partial charge in [0.05, 0.1) is 6.04 Å². The lowest BCUT2D eigenvalue weighted by atomic mass is 10.1. The van der Waals surface area contributed by atoms with Gasteiger partial charge in [-0.25, -0.2) is 0 Å². The monoisotopic (exact) mass is 273 g/mol. The van der Waals surface area contributed by atoms with E-state index in [9.17, 15) is 9.59 Å². The first kappa shape index (κ1) is 20.5. The van der Waals surface area contributed by atoms with Crippen molar-refractivity contribution in [3.8, 4) is 0 Å². The van der Waals surface area contributed by atoms with Crippen molar-refractivity contribution >= 4 is 11.6 Å². The number of rotatable bonds is 10. The van der Waals surface area contributed by atoms with Crippen molar-refractivity contribution in [3.05, 3.63) is 0 Å². The van der Waals surface area contributed by atoms with Crippen molar-refractivity contribution in [2.75, 3.05) is 34.2 Å². The van der Waals surface area contributed by atoms with Gasteiger partial charge in [-0.3, -0.25) is 9.59 Å². The predicted octanol–water partition coefficient (Wildman–Crippen LogP) is 0.738. The summed E-state index contributed by atoms with van der Waals surface area (Å²) in [6.45, 7) is 5.07. The molecular formula is C14H31N3O2. The number of Topliss-reactive ketones (excluding diaryl/α,β-unsaturated/α-hetero) is 2. The van der Waals surface area contributed by atoms with Crippen LogP contribution in [-0.2, 0) is 9.59 Å². The van der Waals surface area contributed by atoms with Crippen LogP contribution in [-0.4, -0.2) is 51.8 Å². The van der Waals surface area contributed by atoms with E-state index in [1.165, 1.54) is 0 Å². The molecule has 1 atom stereocenters. The summed E-state index contributed by atoms with van der Waals surface area (Å²) in [5.41, 5.74) is 0. The average Bonchev–Trinajstić information content (AvgIpc) is 2.36.